The second-order valence-electron chi connectivity index (χ2n) is 4.26. The number of aromatic amines is 1. The van der Waals surface area contributed by atoms with Crippen LogP contribution in [0.2, 0.25) is 5.02 Å². The topological polar surface area (TPSA) is 54.7 Å². The second-order valence-corrected chi connectivity index (χ2v) is 4.70. The highest BCUT2D eigenvalue weighted by atomic mass is 35.5. The molecule has 4 heteroatoms. The van der Waals surface area contributed by atoms with Gasteiger partial charge in [0.15, 0.2) is 0 Å². The molecule has 0 bridgehead atoms. The second kappa shape index (κ2) is 4.35. The predicted molar refractivity (Wildman–Crippen MR) is 74.8 cm³/mol. The van der Waals surface area contributed by atoms with Gasteiger partial charge >= 0.3 is 0 Å². The first-order chi connectivity index (χ1) is 8.70. The molecule has 0 unspecified atom stereocenters. The molecule has 18 heavy (non-hydrogen) atoms. The highest BCUT2D eigenvalue weighted by molar-refractivity contribution is 6.31. The first kappa shape index (κ1) is 11.1. The summed E-state index contributed by atoms with van der Waals surface area (Å²) in [6.07, 6.45) is 0.757. The predicted octanol–water partition coefficient (Wildman–Crippen LogP) is 3.39. The number of halogens is 1. The molecule has 0 atom stereocenters. The number of hydrogen-bond acceptors (Lipinski definition) is 2. The van der Waals surface area contributed by atoms with E-state index in [-0.39, 0.29) is 0 Å². The molecule has 0 aliphatic rings. The van der Waals surface area contributed by atoms with Gasteiger partial charge in [0.05, 0.1) is 11.0 Å². The third kappa shape index (κ3) is 2.17. The number of benzene rings is 2. The van der Waals surface area contributed by atoms with E-state index < -0.39 is 0 Å². The molecular formula is C14H12ClN3. The van der Waals surface area contributed by atoms with Crippen LogP contribution in [0, 0.1) is 0 Å². The lowest BCUT2D eigenvalue weighted by atomic mass is 10.1. The summed E-state index contributed by atoms with van der Waals surface area (Å²) in [4.78, 5) is 7.80. The van der Waals surface area contributed by atoms with E-state index >= 15 is 0 Å². The van der Waals surface area contributed by atoms with Gasteiger partial charge in [-0.2, -0.15) is 0 Å². The van der Waals surface area contributed by atoms with Crippen molar-refractivity contribution in [1.29, 1.82) is 0 Å². The zero-order valence-corrected chi connectivity index (χ0v) is 10.4. The van der Waals surface area contributed by atoms with Gasteiger partial charge in [0, 0.05) is 17.1 Å². The van der Waals surface area contributed by atoms with Crippen LogP contribution in [-0.4, -0.2) is 9.97 Å². The number of aromatic nitrogens is 2. The zero-order valence-electron chi connectivity index (χ0n) is 9.65. The van der Waals surface area contributed by atoms with E-state index in [9.17, 15) is 0 Å². The van der Waals surface area contributed by atoms with Crippen molar-refractivity contribution in [2.75, 3.05) is 5.73 Å². The normalized spacial score (nSPS) is 10.9. The Bertz CT molecular complexity index is 686. The smallest absolute Gasteiger partial charge is 0.111 e. The van der Waals surface area contributed by atoms with Crippen molar-refractivity contribution in [3.8, 4) is 0 Å². The average molecular weight is 258 g/mol. The van der Waals surface area contributed by atoms with Crippen molar-refractivity contribution in [2.24, 2.45) is 0 Å². The van der Waals surface area contributed by atoms with E-state index in [0.717, 1.165) is 29.0 Å². The van der Waals surface area contributed by atoms with Crippen LogP contribution in [0.4, 0.5) is 5.69 Å². The summed E-state index contributed by atoms with van der Waals surface area (Å²) in [5.41, 5.74) is 9.51. The van der Waals surface area contributed by atoms with Gasteiger partial charge in [0.25, 0.3) is 0 Å². The van der Waals surface area contributed by atoms with Crippen molar-refractivity contribution in [2.45, 2.75) is 6.42 Å². The molecule has 0 aliphatic carbocycles. The first-order valence-electron chi connectivity index (χ1n) is 5.69. The Kier molecular flexibility index (Phi) is 2.68. The largest absolute Gasteiger partial charge is 0.399 e. The van der Waals surface area contributed by atoms with Crippen LogP contribution in [0.25, 0.3) is 11.0 Å². The number of H-pyrrole nitrogens is 1. The Morgan fingerprint density at radius 3 is 2.67 bits per heavy atom. The standard InChI is InChI=1S/C14H12ClN3/c15-10-3-6-12-13(8-10)18-14(17-12)7-9-1-4-11(16)5-2-9/h1-6,8H,7,16H2,(H,17,18). The van der Waals surface area contributed by atoms with Crippen molar-refractivity contribution in [1.82, 2.24) is 9.97 Å². The molecule has 3 nitrogen and oxygen atoms in total. The summed E-state index contributed by atoms with van der Waals surface area (Å²) in [5.74, 6) is 0.928. The summed E-state index contributed by atoms with van der Waals surface area (Å²) in [5, 5.41) is 0.713. The zero-order chi connectivity index (χ0) is 12.5. The summed E-state index contributed by atoms with van der Waals surface area (Å²) >= 11 is 5.94. The van der Waals surface area contributed by atoms with Crippen molar-refractivity contribution in [3.05, 3.63) is 58.9 Å². The third-order valence-corrected chi connectivity index (χ3v) is 3.08. The first-order valence-corrected chi connectivity index (χ1v) is 6.07. The molecule has 0 fully saturated rings. The maximum absolute atomic E-state index is 5.94. The van der Waals surface area contributed by atoms with Crippen LogP contribution in [-0.2, 0) is 6.42 Å². The van der Waals surface area contributed by atoms with Crippen LogP contribution in [0.1, 0.15) is 11.4 Å². The molecule has 90 valence electrons. The number of hydrogen-bond donors (Lipinski definition) is 2. The van der Waals surface area contributed by atoms with Gasteiger partial charge in [-0.1, -0.05) is 23.7 Å². The summed E-state index contributed by atoms with van der Waals surface area (Å²) < 4.78 is 0. The van der Waals surface area contributed by atoms with Crippen LogP contribution in [0.15, 0.2) is 42.5 Å². The Morgan fingerprint density at radius 1 is 1.11 bits per heavy atom. The molecular weight excluding hydrogens is 246 g/mol. The Balaban J connectivity index is 1.92. The number of nitrogens with one attached hydrogen (secondary N) is 1. The molecule has 1 heterocycles. The van der Waals surface area contributed by atoms with Crippen LogP contribution >= 0.6 is 11.6 Å². The maximum Gasteiger partial charge on any atom is 0.111 e. The van der Waals surface area contributed by atoms with Gasteiger partial charge in [-0.25, -0.2) is 4.98 Å². The fraction of sp³-hybridized carbons (Fsp3) is 0.0714. The summed E-state index contributed by atoms with van der Waals surface area (Å²) in [6.45, 7) is 0. The van der Waals surface area contributed by atoms with Crippen molar-refractivity contribution >= 4 is 28.3 Å². The molecule has 3 aromatic rings. The number of nitrogens with zero attached hydrogens (tertiary/aromatic N) is 1. The maximum atomic E-state index is 5.94. The number of fused-ring (bicyclic) bond motifs is 1. The highest BCUT2D eigenvalue weighted by Crippen LogP contribution is 2.18. The minimum Gasteiger partial charge on any atom is -0.399 e. The molecule has 1 aromatic heterocycles. The SMILES string of the molecule is Nc1ccc(Cc2nc3ccc(Cl)cc3[nH]2)cc1. The van der Waals surface area contributed by atoms with Crippen LogP contribution in [0.5, 0.6) is 0 Å². The lowest BCUT2D eigenvalue weighted by Crippen LogP contribution is -1.91. The van der Waals surface area contributed by atoms with Gasteiger partial charge in [-0.05, 0) is 35.9 Å². The molecule has 0 spiro atoms. The van der Waals surface area contributed by atoms with Gasteiger partial charge in [-0.3, -0.25) is 0 Å². The number of anilines is 1. The number of nitrogens with two attached hydrogens (primary N) is 1. The Morgan fingerprint density at radius 2 is 1.89 bits per heavy atom. The fourth-order valence-corrected chi connectivity index (χ4v) is 2.12. The van der Waals surface area contributed by atoms with Gasteiger partial charge < -0.3 is 10.7 Å². The number of rotatable bonds is 2. The van der Waals surface area contributed by atoms with E-state index in [4.69, 9.17) is 17.3 Å². The molecule has 0 saturated carbocycles. The minimum atomic E-state index is 0.713. The lowest BCUT2D eigenvalue weighted by Gasteiger charge is -1.98. The number of nitrogen functional groups attached to an aromatic ring is 1. The van der Waals surface area contributed by atoms with E-state index in [1.807, 2.05) is 42.5 Å². The van der Waals surface area contributed by atoms with E-state index in [1.54, 1.807) is 0 Å². The van der Waals surface area contributed by atoms with E-state index in [0.29, 0.717) is 5.02 Å². The van der Waals surface area contributed by atoms with Crippen LogP contribution < -0.4 is 5.73 Å². The van der Waals surface area contributed by atoms with E-state index in [1.165, 1.54) is 5.56 Å². The molecule has 0 amide bonds. The quantitative estimate of drug-likeness (QED) is 0.692. The molecule has 2 aromatic carbocycles. The summed E-state index contributed by atoms with van der Waals surface area (Å²) in [7, 11) is 0. The molecule has 3 N–H and O–H groups in total. The van der Waals surface area contributed by atoms with Gasteiger partial charge in [0.1, 0.15) is 5.82 Å². The Labute approximate surface area is 110 Å². The number of imidazole rings is 1. The van der Waals surface area contributed by atoms with Crippen molar-refractivity contribution in [3.63, 3.8) is 0 Å². The molecule has 3 rings (SSSR count). The lowest BCUT2D eigenvalue weighted by molar-refractivity contribution is 1.04. The molecule has 0 radical (unpaired) electrons. The van der Waals surface area contributed by atoms with Gasteiger partial charge in [0.2, 0.25) is 0 Å². The minimum absolute atomic E-state index is 0.713. The fourth-order valence-electron chi connectivity index (χ4n) is 1.95. The van der Waals surface area contributed by atoms with Crippen LogP contribution in [0.3, 0.4) is 0 Å². The average Bonchev–Trinajstić information content (AvgIpc) is 2.73. The van der Waals surface area contributed by atoms with Crippen molar-refractivity contribution < 1.29 is 0 Å². The molecule has 0 saturated heterocycles. The molecule has 0 aliphatic heterocycles. The highest BCUT2D eigenvalue weighted by Gasteiger charge is 2.04. The summed E-state index contributed by atoms with van der Waals surface area (Å²) in [6, 6.07) is 13.5. The van der Waals surface area contributed by atoms with Gasteiger partial charge in [-0.15, -0.1) is 0 Å². The van der Waals surface area contributed by atoms with E-state index in [2.05, 4.69) is 9.97 Å². The Hall–Kier alpha value is -2.00. The monoisotopic (exact) mass is 257 g/mol. The third-order valence-electron chi connectivity index (χ3n) is 2.84.